The predicted molar refractivity (Wildman–Crippen MR) is 170 cm³/mol. The Bertz CT molecular complexity index is 1460. The molecule has 4 heterocycles. The number of hydrogen-bond acceptors (Lipinski definition) is 7. The van der Waals surface area contributed by atoms with Crippen LogP contribution in [0.3, 0.4) is 0 Å². The summed E-state index contributed by atoms with van der Waals surface area (Å²) in [6.45, 7) is 18.6. The highest BCUT2D eigenvalue weighted by molar-refractivity contribution is 5.99. The lowest BCUT2D eigenvalue weighted by Crippen LogP contribution is -2.59. The van der Waals surface area contributed by atoms with Crippen LogP contribution in [-0.2, 0) is 25.8 Å². The van der Waals surface area contributed by atoms with E-state index in [4.69, 9.17) is 4.74 Å². The van der Waals surface area contributed by atoms with Gasteiger partial charge in [-0.3, -0.25) is 14.4 Å². The van der Waals surface area contributed by atoms with Crippen molar-refractivity contribution in [1.82, 2.24) is 29.7 Å². The standard InChI is InChI=1S/C34H48N6O5/c1-8-15-37(16-9-2)30(42)27-28-31(43)40(24(20-41)18-22(4)5)29(34(28)19-23(6)33(27,7)45-34)32(44)38(17-10-3)21-39-26-14-12-11-13-25(26)35-36-39/h8,10-14,22-24,27-29,41H,1,3,9,15-21H2,2,4-7H3/t23?,24-,27+,28+,29?,33-,34?/m1/s1. The minimum absolute atomic E-state index is 0.0808. The van der Waals surface area contributed by atoms with E-state index in [9.17, 15) is 19.5 Å². The van der Waals surface area contributed by atoms with Gasteiger partial charge in [0.1, 0.15) is 23.8 Å². The topological polar surface area (TPSA) is 121 Å². The molecule has 1 aromatic heterocycles. The van der Waals surface area contributed by atoms with Crippen LogP contribution in [0.4, 0.5) is 0 Å². The number of benzene rings is 1. The van der Waals surface area contributed by atoms with E-state index < -0.39 is 35.1 Å². The van der Waals surface area contributed by atoms with Gasteiger partial charge in [-0.05, 0) is 50.2 Å². The summed E-state index contributed by atoms with van der Waals surface area (Å²) in [5.74, 6) is -2.36. The van der Waals surface area contributed by atoms with Crippen LogP contribution in [0.25, 0.3) is 11.0 Å². The van der Waals surface area contributed by atoms with Gasteiger partial charge in [-0.25, -0.2) is 4.68 Å². The molecule has 2 aromatic rings. The molecule has 11 nitrogen and oxygen atoms in total. The molecule has 45 heavy (non-hydrogen) atoms. The highest BCUT2D eigenvalue weighted by Crippen LogP contribution is 2.66. The van der Waals surface area contributed by atoms with Gasteiger partial charge in [0.25, 0.3) is 0 Å². The van der Waals surface area contributed by atoms with Crippen LogP contribution >= 0.6 is 0 Å². The van der Waals surface area contributed by atoms with Crippen molar-refractivity contribution in [2.75, 3.05) is 26.2 Å². The largest absolute Gasteiger partial charge is 0.394 e. The second-order valence-electron chi connectivity index (χ2n) is 13.6. The first kappa shape index (κ1) is 32.8. The van der Waals surface area contributed by atoms with Gasteiger partial charge in [-0.1, -0.05) is 57.2 Å². The summed E-state index contributed by atoms with van der Waals surface area (Å²) in [6, 6.07) is 5.85. The first-order valence-corrected chi connectivity index (χ1v) is 16.2. The van der Waals surface area contributed by atoms with Gasteiger partial charge in [0.05, 0.1) is 35.6 Å². The average molecular weight is 621 g/mol. The van der Waals surface area contributed by atoms with Crippen molar-refractivity contribution < 1.29 is 24.2 Å². The van der Waals surface area contributed by atoms with Gasteiger partial charge >= 0.3 is 0 Å². The summed E-state index contributed by atoms with van der Waals surface area (Å²) in [4.78, 5) is 49.0. The van der Waals surface area contributed by atoms with Crippen molar-refractivity contribution in [3.8, 4) is 0 Å². The molecule has 5 rings (SSSR count). The number of likely N-dealkylation sites (tertiary alicyclic amines) is 1. The number of hydrogen-bond donors (Lipinski definition) is 1. The first-order valence-electron chi connectivity index (χ1n) is 16.2. The molecule has 0 aliphatic carbocycles. The zero-order valence-corrected chi connectivity index (χ0v) is 27.3. The van der Waals surface area contributed by atoms with Crippen molar-refractivity contribution >= 4 is 28.8 Å². The maximum absolute atomic E-state index is 15.0. The second-order valence-corrected chi connectivity index (χ2v) is 13.6. The number of nitrogens with zero attached hydrogens (tertiary/aromatic N) is 6. The normalized spacial score (nSPS) is 29.3. The highest BCUT2D eigenvalue weighted by Gasteiger charge is 2.80. The van der Waals surface area contributed by atoms with E-state index in [1.807, 2.05) is 58.9 Å². The highest BCUT2D eigenvalue weighted by atomic mass is 16.5. The summed E-state index contributed by atoms with van der Waals surface area (Å²) >= 11 is 0. The van der Waals surface area contributed by atoms with Gasteiger partial charge in [-0.15, -0.1) is 18.3 Å². The van der Waals surface area contributed by atoms with E-state index in [-0.39, 0.29) is 49.4 Å². The fourth-order valence-corrected chi connectivity index (χ4v) is 8.19. The average Bonchev–Trinajstić information content (AvgIpc) is 3.68. The lowest BCUT2D eigenvalue weighted by molar-refractivity contribution is -0.158. The molecule has 244 valence electrons. The van der Waals surface area contributed by atoms with Crippen molar-refractivity contribution in [2.24, 2.45) is 23.7 Å². The third kappa shape index (κ3) is 5.27. The van der Waals surface area contributed by atoms with Crippen LogP contribution in [0.5, 0.6) is 0 Å². The third-order valence-electron chi connectivity index (χ3n) is 10.1. The summed E-state index contributed by atoms with van der Waals surface area (Å²) < 4.78 is 8.62. The Morgan fingerprint density at radius 3 is 2.51 bits per heavy atom. The van der Waals surface area contributed by atoms with Crippen molar-refractivity contribution in [2.45, 2.75) is 83.8 Å². The quantitative estimate of drug-likeness (QED) is 0.322. The minimum Gasteiger partial charge on any atom is -0.394 e. The Hall–Kier alpha value is -3.57. The monoisotopic (exact) mass is 620 g/mol. The van der Waals surface area contributed by atoms with Gasteiger partial charge in [0.2, 0.25) is 17.7 Å². The zero-order valence-electron chi connectivity index (χ0n) is 27.3. The molecule has 3 aliphatic rings. The Morgan fingerprint density at radius 2 is 1.87 bits per heavy atom. The van der Waals surface area contributed by atoms with Crippen LogP contribution in [-0.4, -0.2) is 102 Å². The number of aliphatic hydroxyl groups is 1. The Morgan fingerprint density at radius 1 is 1.18 bits per heavy atom. The first-order chi connectivity index (χ1) is 21.5. The lowest BCUT2D eigenvalue weighted by atomic mass is 9.62. The maximum atomic E-state index is 15.0. The third-order valence-corrected chi connectivity index (χ3v) is 10.1. The molecule has 3 saturated heterocycles. The van der Waals surface area contributed by atoms with E-state index in [2.05, 4.69) is 23.5 Å². The maximum Gasteiger partial charge on any atom is 0.250 e. The van der Waals surface area contributed by atoms with E-state index in [1.54, 1.807) is 31.5 Å². The Balaban J connectivity index is 1.62. The van der Waals surface area contributed by atoms with Crippen LogP contribution in [0.15, 0.2) is 49.6 Å². The SMILES string of the molecule is C=CCN(Cn1nnc2ccccc21)C(=O)C1N([C@@H](CO)CC(C)C)C(=O)[C@@H]2[C@@H](C(=O)N(CC=C)CCC)[C@]3(C)OC12CC3C. The summed E-state index contributed by atoms with van der Waals surface area (Å²) in [6.07, 6.45) is 5.04. The molecule has 2 bridgehead atoms. The molecule has 7 atom stereocenters. The van der Waals surface area contributed by atoms with Crippen molar-refractivity contribution in [3.05, 3.63) is 49.6 Å². The molecule has 0 saturated carbocycles. The number of carbonyl (C=O) groups is 3. The summed E-state index contributed by atoms with van der Waals surface area (Å²) in [5.41, 5.74) is -0.698. The van der Waals surface area contributed by atoms with Crippen LogP contribution in [0, 0.1) is 23.7 Å². The van der Waals surface area contributed by atoms with Gasteiger partial charge < -0.3 is 24.5 Å². The number of para-hydroxylation sites is 1. The molecule has 1 N–H and O–H groups in total. The summed E-state index contributed by atoms with van der Waals surface area (Å²) in [5, 5.41) is 19.2. The molecule has 3 aliphatic heterocycles. The van der Waals surface area contributed by atoms with Crippen molar-refractivity contribution in [3.63, 3.8) is 0 Å². The van der Waals surface area contributed by atoms with Crippen LogP contribution < -0.4 is 0 Å². The number of aliphatic hydroxyl groups excluding tert-OH is 1. The molecule has 3 unspecified atom stereocenters. The van der Waals surface area contributed by atoms with E-state index >= 15 is 0 Å². The minimum atomic E-state index is -1.23. The molecule has 11 heteroatoms. The van der Waals surface area contributed by atoms with Gasteiger partial charge in [0.15, 0.2) is 0 Å². The number of aromatic nitrogens is 3. The molecule has 0 radical (unpaired) electrons. The van der Waals surface area contributed by atoms with Gasteiger partial charge in [-0.2, -0.15) is 0 Å². The Kier molecular flexibility index (Phi) is 9.24. The van der Waals surface area contributed by atoms with Crippen LogP contribution in [0.2, 0.25) is 0 Å². The molecule has 1 aromatic carbocycles. The molecule has 1 spiro atoms. The van der Waals surface area contributed by atoms with E-state index in [0.717, 1.165) is 11.9 Å². The second kappa shape index (κ2) is 12.7. The molecule has 3 fully saturated rings. The predicted octanol–water partition coefficient (Wildman–Crippen LogP) is 3.25. The van der Waals surface area contributed by atoms with Crippen molar-refractivity contribution in [1.29, 1.82) is 0 Å². The Labute approximate surface area is 265 Å². The number of ether oxygens (including phenoxy) is 1. The number of fused-ring (bicyclic) bond motifs is 2. The van der Waals surface area contributed by atoms with Gasteiger partial charge in [0, 0.05) is 19.6 Å². The number of carbonyl (C=O) groups excluding carboxylic acids is 3. The molecule has 3 amide bonds. The molecular formula is C34H48N6O5. The fraction of sp³-hybridized carbons (Fsp3) is 0.618. The zero-order chi connectivity index (χ0) is 32.7. The molecular weight excluding hydrogens is 572 g/mol. The smallest absolute Gasteiger partial charge is 0.250 e. The van der Waals surface area contributed by atoms with E-state index in [0.29, 0.717) is 31.4 Å². The summed E-state index contributed by atoms with van der Waals surface area (Å²) in [7, 11) is 0. The fourth-order valence-electron chi connectivity index (χ4n) is 8.19. The van der Waals surface area contributed by atoms with Crippen LogP contribution in [0.1, 0.15) is 53.9 Å². The lowest BCUT2D eigenvalue weighted by Gasteiger charge is -2.39. The van der Waals surface area contributed by atoms with E-state index in [1.165, 1.54) is 0 Å². The number of amides is 3. The number of rotatable bonds is 14.